The highest BCUT2D eigenvalue weighted by Gasteiger charge is 2.16. The zero-order valence-electron chi connectivity index (χ0n) is 12.2. The maximum atomic E-state index is 11.8. The van der Waals surface area contributed by atoms with E-state index in [1.165, 1.54) is 0 Å². The third-order valence-corrected chi connectivity index (χ3v) is 2.93. The van der Waals surface area contributed by atoms with Gasteiger partial charge in [-0.2, -0.15) is 0 Å². The lowest BCUT2D eigenvalue weighted by Gasteiger charge is -2.20. The predicted octanol–water partition coefficient (Wildman–Crippen LogP) is 2.22. The molecule has 1 atom stereocenters. The van der Waals surface area contributed by atoms with Gasteiger partial charge in [0.15, 0.2) is 0 Å². The van der Waals surface area contributed by atoms with Crippen LogP contribution in [0.2, 0.25) is 0 Å². The van der Waals surface area contributed by atoms with Gasteiger partial charge in [0, 0.05) is 18.7 Å². The molecule has 5 heteroatoms. The third-order valence-electron chi connectivity index (χ3n) is 2.93. The third kappa shape index (κ3) is 5.09. The lowest BCUT2D eigenvalue weighted by atomic mass is 10.0. The molecule has 1 unspecified atom stereocenters. The van der Waals surface area contributed by atoms with Gasteiger partial charge in [0.05, 0.1) is 12.6 Å². The number of hydrogen-bond acceptors (Lipinski definition) is 3. The van der Waals surface area contributed by atoms with Crippen LogP contribution in [0.5, 0.6) is 5.75 Å². The van der Waals surface area contributed by atoms with Gasteiger partial charge in [0.25, 0.3) is 0 Å². The van der Waals surface area contributed by atoms with Crippen molar-refractivity contribution in [1.29, 1.82) is 0 Å². The zero-order chi connectivity index (χ0) is 14.8. The van der Waals surface area contributed by atoms with Crippen molar-refractivity contribution in [1.82, 2.24) is 10.6 Å². The first-order valence-electron chi connectivity index (χ1n) is 7.09. The van der Waals surface area contributed by atoms with Crippen LogP contribution in [0.3, 0.4) is 0 Å². The molecule has 1 aromatic carbocycles. The number of rotatable bonds is 8. The fourth-order valence-corrected chi connectivity index (χ4v) is 1.95. The molecule has 0 saturated carbocycles. The summed E-state index contributed by atoms with van der Waals surface area (Å²) in [5.41, 5.74) is 0.981. The van der Waals surface area contributed by atoms with Gasteiger partial charge in [-0.1, -0.05) is 25.1 Å². The molecule has 20 heavy (non-hydrogen) atoms. The Balaban J connectivity index is 2.68. The summed E-state index contributed by atoms with van der Waals surface area (Å²) in [7, 11) is 0. The second-order valence-corrected chi connectivity index (χ2v) is 4.41. The van der Waals surface area contributed by atoms with Crippen molar-refractivity contribution < 1.29 is 14.6 Å². The van der Waals surface area contributed by atoms with Crippen LogP contribution in [0.15, 0.2) is 24.3 Å². The number of carbonyl (C=O) groups is 1. The number of nitrogens with one attached hydrogen (secondary N) is 2. The van der Waals surface area contributed by atoms with Crippen molar-refractivity contribution in [3.05, 3.63) is 29.8 Å². The fourth-order valence-electron chi connectivity index (χ4n) is 1.95. The van der Waals surface area contributed by atoms with E-state index in [1.54, 1.807) is 0 Å². The van der Waals surface area contributed by atoms with Crippen molar-refractivity contribution in [2.45, 2.75) is 32.7 Å². The highest BCUT2D eigenvalue weighted by Crippen LogP contribution is 2.27. The second-order valence-electron chi connectivity index (χ2n) is 4.41. The molecule has 3 N–H and O–H groups in total. The Hall–Kier alpha value is -1.75. The van der Waals surface area contributed by atoms with E-state index >= 15 is 0 Å². The largest absolute Gasteiger partial charge is 0.494 e. The predicted molar refractivity (Wildman–Crippen MR) is 78.9 cm³/mol. The van der Waals surface area contributed by atoms with Crippen molar-refractivity contribution >= 4 is 6.03 Å². The minimum Gasteiger partial charge on any atom is -0.494 e. The van der Waals surface area contributed by atoms with Crippen LogP contribution in [0.25, 0.3) is 0 Å². The Kier molecular flexibility index (Phi) is 7.50. The molecule has 0 fully saturated rings. The number of aliphatic hydroxyl groups is 1. The smallest absolute Gasteiger partial charge is 0.315 e. The molecule has 2 amide bonds. The summed E-state index contributed by atoms with van der Waals surface area (Å²) in [5.74, 6) is 0.803. The Morgan fingerprint density at radius 2 is 2.10 bits per heavy atom. The number of benzene rings is 1. The minimum atomic E-state index is -0.225. The van der Waals surface area contributed by atoms with Crippen LogP contribution < -0.4 is 15.4 Å². The Labute approximate surface area is 120 Å². The van der Waals surface area contributed by atoms with Crippen molar-refractivity contribution in [2.24, 2.45) is 0 Å². The molecule has 5 nitrogen and oxygen atoms in total. The molecular formula is C15H24N2O3. The summed E-state index contributed by atoms with van der Waals surface area (Å²) >= 11 is 0. The minimum absolute atomic E-state index is 0.0741. The Morgan fingerprint density at radius 3 is 2.75 bits per heavy atom. The molecule has 0 radical (unpaired) electrons. The van der Waals surface area contributed by atoms with E-state index in [0.29, 0.717) is 19.6 Å². The van der Waals surface area contributed by atoms with Gasteiger partial charge >= 0.3 is 6.03 Å². The maximum absolute atomic E-state index is 11.8. The van der Waals surface area contributed by atoms with Crippen LogP contribution in [-0.4, -0.2) is 30.9 Å². The number of carbonyl (C=O) groups excluding carboxylic acids is 1. The van der Waals surface area contributed by atoms with Gasteiger partial charge in [0.2, 0.25) is 0 Å². The SMILES string of the molecule is CCOc1ccccc1C(CC)NC(=O)NCCCO. The van der Waals surface area contributed by atoms with Crippen LogP contribution in [0, 0.1) is 0 Å². The molecule has 0 aliphatic rings. The molecule has 0 aliphatic heterocycles. The highest BCUT2D eigenvalue weighted by molar-refractivity contribution is 5.74. The van der Waals surface area contributed by atoms with Crippen molar-refractivity contribution in [3.8, 4) is 5.75 Å². The molecule has 0 aliphatic carbocycles. The van der Waals surface area contributed by atoms with Crippen LogP contribution in [-0.2, 0) is 0 Å². The van der Waals surface area contributed by atoms with Gasteiger partial charge in [-0.3, -0.25) is 0 Å². The lowest BCUT2D eigenvalue weighted by Crippen LogP contribution is -2.38. The summed E-state index contributed by atoms with van der Waals surface area (Å²) in [6.45, 7) is 5.08. The molecule has 0 aromatic heterocycles. The number of hydrogen-bond donors (Lipinski definition) is 3. The van der Waals surface area contributed by atoms with Crippen molar-refractivity contribution in [3.63, 3.8) is 0 Å². The summed E-state index contributed by atoms with van der Waals surface area (Å²) in [6, 6.07) is 7.41. The van der Waals surface area contributed by atoms with E-state index in [0.717, 1.165) is 17.7 Å². The van der Waals surface area contributed by atoms with E-state index in [1.807, 2.05) is 38.1 Å². The van der Waals surface area contributed by atoms with Gasteiger partial charge in [-0.05, 0) is 25.8 Å². The Bertz CT molecular complexity index is 410. The maximum Gasteiger partial charge on any atom is 0.315 e. The highest BCUT2D eigenvalue weighted by atomic mass is 16.5. The molecule has 0 saturated heterocycles. The lowest BCUT2D eigenvalue weighted by molar-refractivity contribution is 0.233. The Morgan fingerprint density at radius 1 is 1.35 bits per heavy atom. The summed E-state index contributed by atoms with van der Waals surface area (Å²) in [6.07, 6.45) is 1.33. The average Bonchev–Trinajstić information content (AvgIpc) is 2.46. The molecule has 0 heterocycles. The standard InChI is InChI=1S/C15H24N2O3/c1-3-13(17-15(19)16-10-7-11-18)12-8-5-6-9-14(12)20-4-2/h5-6,8-9,13,18H,3-4,7,10-11H2,1-2H3,(H2,16,17,19). The number of para-hydroxylation sites is 1. The van der Waals surface area contributed by atoms with Gasteiger partial charge in [-0.15, -0.1) is 0 Å². The van der Waals surface area contributed by atoms with E-state index in [2.05, 4.69) is 10.6 Å². The summed E-state index contributed by atoms with van der Waals surface area (Å²) in [4.78, 5) is 11.8. The van der Waals surface area contributed by atoms with Gasteiger partial charge in [-0.25, -0.2) is 4.79 Å². The van der Waals surface area contributed by atoms with E-state index in [9.17, 15) is 4.79 Å². The summed E-state index contributed by atoms with van der Waals surface area (Å²) < 4.78 is 5.60. The monoisotopic (exact) mass is 280 g/mol. The molecule has 1 rings (SSSR count). The topological polar surface area (TPSA) is 70.6 Å². The molecule has 0 bridgehead atoms. The summed E-state index contributed by atoms with van der Waals surface area (Å²) in [5, 5.41) is 14.3. The first-order valence-corrected chi connectivity index (χ1v) is 7.09. The van der Waals surface area contributed by atoms with E-state index < -0.39 is 0 Å². The second kappa shape index (κ2) is 9.20. The van der Waals surface area contributed by atoms with Crippen molar-refractivity contribution in [2.75, 3.05) is 19.8 Å². The first kappa shape index (κ1) is 16.3. The van der Waals surface area contributed by atoms with Gasteiger partial charge in [0.1, 0.15) is 5.75 Å². The number of aliphatic hydroxyl groups excluding tert-OH is 1. The van der Waals surface area contributed by atoms with E-state index in [-0.39, 0.29) is 18.7 Å². The normalized spacial score (nSPS) is 11.8. The molecule has 1 aromatic rings. The van der Waals surface area contributed by atoms with Gasteiger partial charge < -0.3 is 20.5 Å². The number of urea groups is 1. The molecule has 0 spiro atoms. The molecule has 112 valence electrons. The van der Waals surface area contributed by atoms with Crippen LogP contribution >= 0.6 is 0 Å². The number of amides is 2. The van der Waals surface area contributed by atoms with Crippen LogP contribution in [0.1, 0.15) is 38.3 Å². The fraction of sp³-hybridized carbons (Fsp3) is 0.533. The average molecular weight is 280 g/mol. The number of ether oxygens (including phenoxy) is 1. The quantitative estimate of drug-likeness (QED) is 0.639. The zero-order valence-corrected chi connectivity index (χ0v) is 12.2. The van der Waals surface area contributed by atoms with Crippen LogP contribution in [0.4, 0.5) is 4.79 Å². The first-order chi connectivity index (χ1) is 9.72. The van der Waals surface area contributed by atoms with E-state index in [4.69, 9.17) is 9.84 Å². The molecular weight excluding hydrogens is 256 g/mol.